The van der Waals surface area contributed by atoms with Gasteiger partial charge in [-0.15, -0.1) is 0 Å². The van der Waals surface area contributed by atoms with Gasteiger partial charge in [0.15, 0.2) is 0 Å². The van der Waals surface area contributed by atoms with E-state index in [9.17, 15) is 9.59 Å². The lowest BCUT2D eigenvalue weighted by Gasteiger charge is -2.15. The molecule has 0 atom stereocenters. The lowest BCUT2D eigenvalue weighted by Crippen LogP contribution is -2.27. The van der Waals surface area contributed by atoms with Crippen LogP contribution in [0.25, 0.3) is 10.9 Å². The summed E-state index contributed by atoms with van der Waals surface area (Å²) in [6, 6.07) is 7.11. The molecule has 26 heavy (non-hydrogen) atoms. The Kier molecular flexibility index (Phi) is 4.71. The summed E-state index contributed by atoms with van der Waals surface area (Å²) in [6.45, 7) is 1.80. The van der Waals surface area contributed by atoms with Gasteiger partial charge in [0.1, 0.15) is 22.8 Å². The van der Waals surface area contributed by atoms with Crippen molar-refractivity contribution < 1.29 is 23.8 Å². The van der Waals surface area contributed by atoms with E-state index >= 15 is 0 Å². The number of nitrogens with zero attached hydrogens (tertiary/aromatic N) is 1. The Morgan fingerprint density at radius 3 is 2.73 bits per heavy atom. The second-order valence-corrected chi connectivity index (χ2v) is 6.14. The zero-order valence-electron chi connectivity index (χ0n) is 14.8. The number of H-pyrrole nitrogens is 1. The molecule has 0 bridgehead atoms. The Morgan fingerprint density at radius 1 is 1.31 bits per heavy atom. The first-order chi connectivity index (χ1) is 12.4. The van der Waals surface area contributed by atoms with Gasteiger partial charge in [-0.2, -0.15) is 0 Å². The average Bonchev–Trinajstić information content (AvgIpc) is 3.17. The molecule has 0 radical (unpaired) electrons. The highest BCUT2D eigenvalue weighted by Gasteiger charge is 2.18. The number of methoxy groups -OCH3 is 1. The quantitative estimate of drug-likeness (QED) is 0.708. The minimum atomic E-state index is -1.04. The number of aryl methyl sites for hydroxylation is 1. The Balaban J connectivity index is 1.73. The van der Waals surface area contributed by atoms with Gasteiger partial charge in [0.2, 0.25) is 5.91 Å². The molecule has 3 aromatic rings. The van der Waals surface area contributed by atoms with Crippen molar-refractivity contribution in [1.29, 1.82) is 0 Å². The zero-order chi connectivity index (χ0) is 18.8. The number of carbonyl (C=O) groups is 2. The Morgan fingerprint density at radius 2 is 2.08 bits per heavy atom. The number of rotatable bonds is 6. The number of furan rings is 1. The third-order valence-corrected chi connectivity index (χ3v) is 4.33. The van der Waals surface area contributed by atoms with Crippen LogP contribution >= 0.6 is 0 Å². The summed E-state index contributed by atoms with van der Waals surface area (Å²) in [5, 5.41) is 10.0. The number of amides is 1. The lowest BCUT2D eigenvalue weighted by molar-refractivity contribution is -0.129. The van der Waals surface area contributed by atoms with Crippen molar-refractivity contribution in [2.24, 2.45) is 0 Å². The number of hydrogen-bond donors (Lipinski definition) is 2. The van der Waals surface area contributed by atoms with Crippen LogP contribution < -0.4 is 4.74 Å². The van der Waals surface area contributed by atoms with Crippen molar-refractivity contribution in [3.05, 3.63) is 53.1 Å². The number of hydrogen-bond acceptors (Lipinski definition) is 4. The number of benzene rings is 1. The molecule has 0 aliphatic heterocycles. The number of carbonyl (C=O) groups excluding carboxylic acids is 1. The van der Waals surface area contributed by atoms with Crippen LogP contribution in [0.1, 0.15) is 27.4 Å². The topological polar surface area (TPSA) is 95.8 Å². The maximum atomic E-state index is 12.6. The molecule has 136 valence electrons. The normalized spacial score (nSPS) is 10.9. The molecule has 1 amide bonds. The van der Waals surface area contributed by atoms with Crippen LogP contribution in [0.2, 0.25) is 0 Å². The maximum absolute atomic E-state index is 12.6. The van der Waals surface area contributed by atoms with E-state index in [0.29, 0.717) is 11.5 Å². The number of likely N-dealkylation sites (N-methyl/N-ethyl adjacent to an activating group) is 1. The van der Waals surface area contributed by atoms with Gasteiger partial charge >= 0.3 is 5.97 Å². The molecule has 0 fully saturated rings. The SMILES string of the molecule is COc1ccc2[nH]cc(CC(=O)N(C)Cc3cc(C(=O)O)c(C)o3)c2c1. The highest BCUT2D eigenvalue weighted by molar-refractivity contribution is 5.90. The largest absolute Gasteiger partial charge is 0.497 e. The fourth-order valence-electron chi connectivity index (χ4n) is 2.88. The summed E-state index contributed by atoms with van der Waals surface area (Å²) in [7, 11) is 3.26. The summed E-state index contributed by atoms with van der Waals surface area (Å²) < 4.78 is 10.7. The minimum Gasteiger partial charge on any atom is -0.497 e. The highest BCUT2D eigenvalue weighted by Crippen LogP contribution is 2.24. The van der Waals surface area contributed by atoms with E-state index in [1.807, 2.05) is 24.4 Å². The first kappa shape index (κ1) is 17.6. The fraction of sp³-hybridized carbons (Fsp3) is 0.263. The number of aromatic nitrogens is 1. The third kappa shape index (κ3) is 3.42. The monoisotopic (exact) mass is 356 g/mol. The van der Waals surface area contributed by atoms with Crippen LogP contribution in [0.15, 0.2) is 34.9 Å². The van der Waals surface area contributed by atoms with Crippen molar-refractivity contribution in [2.45, 2.75) is 19.9 Å². The molecule has 7 heteroatoms. The highest BCUT2D eigenvalue weighted by atomic mass is 16.5. The van der Waals surface area contributed by atoms with Crippen molar-refractivity contribution in [2.75, 3.05) is 14.2 Å². The minimum absolute atomic E-state index is 0.0975. The molecule has 0 unspecified atom stereocenters. The summed E-state index contributed by atoms with van der Waals surface area (Å²) in [5.41, 5.74) is 1.92. The van der Waals surface area contributed by atoms with Gasteiger partial charge in [-0.25, -0.2) is 4.79 Å². The average molecular weight is 356 g/mol. The van der Waals surface area contributed by atoms with E-state index in [1.165, 1.54) is 11.0 Å². The van der Waals surface area contributed by atoms with E-state index < -0.39 is 5.97 Å². The number of aromatic amines is 1. The molecule has 2 heterocycles. The van der Waals surface area contributed by atoms with Gasteiger partial charge in [0, 0.05) is 24.1 Å². The maximum Gasteiger partial charge on any atom is 0.339 e. The molecule has 1 aromatic carbocycles. The van der Waals surface area contributed by atoms with Gasteiger partial charge in [-0.3, -0.25) is 4.79 Å². The zero-order valence-corrected chi connectivity index (χ0v) is 14.8. The molecule has 0 saturated heterocycles. The molecule has 0 spiro atoms. The van der Waals surface area contributed by atoms with E-state index in [0.717, 1.165) is 22.2 Å². The molecule has 7 nitrogen and oxygen atoms in total. The summed E-state index contributed by atoms with van der Waals surface area (Å²) in [5.74, 6) is 0.360. The number of ether oxygens (including phenoxy) is 1. The van der Waals surface area contributed by atoms with Crippen molar-refractivity contribution >= 4 is 22.8 Å². The molecule has 2 aromatic heterocycles. The van der Waals surface area contributed by atoms with E-state index in [1.54, 1.807) is 21.1 Å². The first-order valence-corrected chi connectivity index (χ1v) is 8.09. The van der Waals surface area contributed by atoms with E-state index in [-0.39, 0.29) is 24.4 Å². The number of aromatic carboxylic acids is 1. The Hall–Kier alpha value is -3.22. The first-order valence-electron chi connectivity index (χ1n) is 8.09. The van der Waals surface area contributed by atoms with Gasteiger partial charge < -0.3 is 24.1 Å². The van der Waals surface area contributed by atoms with Crippen LogP contribution in [0, 0.1) is 6.92 Å². The van der Waals surface area contributed by atoms with E-state index in [4.69, 9.17) is 14.3 Å². The van der Waals surface area contributed by atoms with Crippen LogP contribution in [0.5, 0.6) is 5.75 Å². The van der Waals surface area contributed by atoms with Crippen molar-refractivity contribution in [3.63, 3.8) is 0 Å². The smallest absolute Gasteiger partial charge is 0.339 e. The van der Waals surface area contributed by atoms with Gasteiger partial charge in [-0.05, 0) is 36.8 Å². The molecule has 0 aliphatic rings. The van der Waals surface area contributed by atoms with Gasteiger partial charge in [-0.1, -0.05) is 0 Å². The van der Waals surface area contributed by atoms with E-state index in [2.05, 4.69) is 4.98 Å². The van der Waals surface area contributed by atoms with Crippen LogP contribution in [-0.4, -0.2) is 41.0 Å². The second kappa shape index (κ2) is 6.95. The number of nitrogens with one attached hydrogen (secondary N) is 1. The summed E-state index contributed by atoms with van der Waals surface area (Å²) >= 11 is 0. The fourth-order valence-corrected chi connectivity index (χ4v) is 2.88. The van der Waals surface area contributed by atoms with Gasteiger partial charge in [0.25, 0.3) is 0 Å². The number of carboxylic acids is 1. The lowest BCUT2D eigenvalue weighted by atomic mass is 10.1. The predicted octanol–water partition coefficient (Wildman–Crippen LogP) is 2.98. The standard InChI is InChI=1S/C19H20N2O5/c1-11-15(19(23)24)8-14(26-11)10-21(2)18(22)6-12-9-20-17-5-4-13(25-3)7-16(12)17/h4-5,7-9,20H,6,10H2,1-3H3,(H,23,24). The third-order valence-electron chi connectivity index (χ3n) is 4.33. The van der Waals surface area contributed by atoms with Crippen LogP contribution in [0.4, 0.5) is 0 Å². The summed E-state index contributed by atoms with van der Waals surface area (Å²) in [4.78, 5) is 28.3. The number of fused-ring (bicyclic) bond motifs is 1. The van der Waals surface area contributed by atoms with Gasteiger partial charge in [0.05, 0.1) is 20.1 Å². The number of carboxylic acid groups (broad SMARTS) is 1. The Labute approximate surface area is 150 Å². The molecular formula is C19H20N2O5. The molecule has 0 saturated carbocycles. The summed E-state index contributed by atoms with van der Waals surface area (Å²) in [6.07, 6.45) is 2.03. The molecule has 0 aliphatic carbocycles. The van der Waals surface area contributed by atoms with Crippen LogP contribution in [0.3, 0.4) is 0 Å². The van der Waals surface area contributed by atoms with Crippen molar-refractivity contribution in [3.8, 4) is 5.75 Å². The molecular weight excluding hydrogens is 336 g/mol. The second-order valence-electron chi connectivity index (χ2n) is 6.14. The molecule has 2 N–H and O–H groups in total. The van der Waals surface area contributed by atoms with Crippen molar-refractivity contribution in [1.82, 2.24) is 9.88 Å². The Bertz CT molecular complexity index is 970. The van der Waals surface area contributed by atoms with Crippen LogP contribution in [-0.2, 0) is 17.8 Å². The predicted molar refractivity (Wildman–Crippen MR) is 95.4 cm³/mol. The molecule has 3 rings (SSSR count).